The van der Waals surface area contributed by atoms with E-state index in [-0.39, 0.29) is 18.4 Å². The third-order valence-electron chi connectivity index (χ3n) is 2.46. The number of carboxylic acids is 1. The van der Waals surface area contributed by atoms with Crippen molar-refractivity contribution in [2.45, 2.75) is 19.4 Å². The van der Waals surface area contributed by atoms with E-state index in [1.807, 2.05) is 13.0 Å². The maximum atomic E-state index is 11.9. The number of allylic oxidation sites excluding steroid dienone is 3. The maximum Gasteiger partial charge on any atom is 0.305 e. The lowest BCUT2D eigenvalue weighted by Gasteiger charge is -2.33. The molecule has 1 aliphatic rings. The summed E-state index contributed by atoms with van der Waals surface area (Å²) < 4.78 is 0. The van der Waals surface area contributed by atoms with Gasteiger partial charge in [0.05, 0.1) is 12.5 Å². The van der Waals surface area contributed by atoms with Crippen LogP contribution in [-0.4, -0.2) is 46.0 Å². The summed E-state index contributed by atoms with van der Waals surface area (Å²) in [6.45, 7) is 2.50. The van der Waals surface area contributed by atoms with Gasteiger partial charge in [0.15, 0.2) is 0 Å². The van der Waals surface area contributed by atoms with Crippen molar-refractivity contribution in [3.05, 3.63) is 24.3 Å². The van der Waals surface area contributed by atoms with Crippen LogP contribution in [0.15, 0.2) is 24.3 Å². The average molecular weight is 255 g/mol. The molecule has 17 heavy (non-hydrogen) atoms. The molecule has 0 spiro atoms. The lowest BCUT2D eigenvalue weighted by molar-refractivity contribution is -0.139. The molecule has 94 valence electrons. The second-order valence-electron chi connectivity index (χ2n) is 3.74. The smallest absolute Gasteiger partial charge is 0.305 e. The molecule has 1 atom stereocenters. The van der Waals surface area contributed by atoms with Crippen LogP contribution in [0, 0.1) is 0 Å². The van der Waals surface area contributed by atoms with Crippen LogP contribution in [0.5, 0.6) is 0 Å². The molecule has 1 rings (SSSR count). The highest BCUT2D eigenvalue weighted by Gasteiger charge is 2.27. The topological polar surface area (TPSA) is 57.6 Å². The molecule has 0 bridgehead atoms. The minimum atomic E-state index is -0.854. The first kappa shape index (κ1) is 13.8. The molecule has 0 aromatic heterocycles. The molecule has 5 heteroatoms. The lowest BCUT2D eigenvalue weighted by atomic mass is 10.2. The van der Waals surface area contributed by atoms with E-state index in [1.54, 1.807) is 28.8 Å². The molecule has 0 aliphatic carbocycles. The van der Waals surface area contributed by atoms with Crippen molar-refractivity contribution in [2.75, 3.05) is 18.1 Å². The van der Waals surface area contributed by atoms with E-state index in [4.69, 9.17) is 5.11 Å². The molecule has 1 heterocycles. The van der Waals surface area contributed by atoms with Gasteiger partial charge in [-0.1, -0.05) is 18.2 Å². The van der Waals surface area contributed by atoms with Gasteiger partial charge in [0, 0.05) is 24.1 Å². The van der Waals surface area contributed by atoms with E-state index in [9.17, 15) is 9.59 Å². The van der Waals surface area contributed by atoms with Gasteiger partial charge in [0.25, 0.3) is 0 Å². The summed E-state index contributed by atoms with van der Waals surface area (Å²) in [5.41, 5.74) is 0. The summed E-state index contributed by atoms with van der Waals surface area (Å²) in [6.07, 6.45) is 6.82. The van der Waals surface area contributed by atoms with Crippen molar-refractivity contribution < 1.29 is 14.7 Å². The van der Waals surface area contributed by atoms with Crippen molar-refractivity contribution >= 4 is 23.6 Å². The van der Waals surface area contributed by atoms with Gasteiger partial charge in [0.2, 0.25) is 5.91 Å². The van der Waals surface area contributed by atoms with Crippen molar-refractivity contribution in [3.8, 4) is 0 Å². The van der Waals surface area contributed by atoms with Gasteiger partial charge in [0.1, 0.15) is 0 Å². The predicted molar refractivity (Wildman–Crippen MR) is 69.0 cm³/mol. The normalized spacial score (nSPS) is 21.2. The molecule has 4 nitrogen and oxygen atoms in total. The standard InChI is InChI=1S/C12H17NO3S/c1-2-3-4-5-11(14)13-6-7-17-9-10(13)8-12(15)16/h2-5,10H,6-9H2,1H3,(H,15,16). The fourth-order valence-electron chi connectivity index (χ4n) is 1.66. The molecule has 1 saturated heterocycles. The highest BCUT2D eigenvalue weighted by molar-refractivity contribution is 7.99. The Hall–Kier alpha value is -1.23. The number of amides is 1. The first-order valence-electron chi connectivity index (χ1n) is 5.54. The van der Waals surface area contributed by atoms with Crippen LogP contribution in [-0.2, 0) is 9.59 Å². The first-order valence-corrected chi connectivity index (χ1v) is 6.70. The summed E-state index contributed by atoms with van der Waals surface area (Å²) in [5.74, 6) is 0.622. The number of nitrogens with zero attached hydrogens (tertiary/aromatic N) is 1. The zero-order valence-corrected chi connectivity index (χ0v) is 10.7. The van der Waals surface area contributed by atoms with E-state index in [0.717, 1.165) is 5.75 Å². The zero-order valence-electron chi connectivity index (χ0n) is 9.83. The first-order chi connectivity index (χ1) is 8.15. The minimum Gasteiger partial charge on any atom is -0.481 e. The number of thioether (sulfide) groups is 1. The third-order valence-corrected chi connectivity index (χ3v) is 3.55. The summed E-state index contributed by atoms with van der Waals surface area (Å²) in [6, 6.07) is -0.186. The molecule has 0 aromatic carbocycles. The van der Waals surface area contributed by atoms with Crippen LogP contribution >= 0.6 is 11.8 Å². The van der Waals surface area contributed by atoms with Gasteiger partial charge in [-0.05, 0) is 6.92 Å². The van der Waals surface area contributed by atoms with Crippen LogP contribution < -0.4 is 0 Å². The van der Waals surface area contributed by atoms with Gasteiger partial charge in [-0.3, -0.25) is 9.59 Å². The van der Waals surface area contributed by atoms with Gasteiger partial charge >= 0.3 is 5.97 Å². The van der Waals surface area contributed by atoms with E-state index >= 15 is 0 Å². The summed E-state index contributed by atoms with van der Waals surface area (Å²) in [4.78, 5) is 24.2. The molecule has 1 aliphatic heterocycles. The van der Waals surface area contributed by atoms with Crippen molar-refractivity contribution in [1.29, 1.82) is 0 Å². The Morgan fingerprint density at radius 3 is 2.88 bits per heavy atom. The molecule has 0 saturated carbocycles. The number of hydrogen-bond donors (Lipinski definition) is 1. The van der Waals surface area contributed by atoms with Gasteiger partial charge < -0.3 is 10.0 Å². The number of rotatable bonds is 4. The number of hydrogen-bond acceptors (Lipinski definition) is 3. The molecule has 1 amide bonds. The Labute approximate surface area is 105 Å². The fraction of sp³-hybridized carbons (Fsp3) is 0.500. The molecule has 0 radical (unpaired) electrons. The van der Waals surface area contributed by atoms with Crippen LogP contribution in [0.4, 0.5) is 0 Å². The van der Waals surface area contributed by atoms with Gasteiger partial charge in [-0.2, -0.15) is 11.8 Å². The van der Waals surface area contributed by atoms with Crippen molar-refractivity contribution in [1.82, 2.24) is 4.90 Å². The number of aliphatic carboxylic acids is 1. The van der Waals surface area contributed by atoms with Crippen LogP contribution in [0.1, 0.15) is 13.3 Å². The molecule has 1 unspecified atom stereocenters. The van der Waals surface area contributed by atoms with E-state index in [2.05, 4.69) is 0 Å². The van der Waals surface area contributed by atoms with E-state index < -0.39 is 5.97 Å². The molecule has 1 fully saturated rings. The van der Waals surface area contributed by atoms with Crippen LogP contribution in [0.3, 0.4) is 0 Å². The van der Waals surface area contributed by atoms with Crippen LogP contribution in [0.2, 0.25) is 0 Å². The quantitative estimate of drug-likeness (QED) is 0.611. The minimum absolute atomic E-state index is 0.0240. The Bertz CT molecular complexity index is 339. The Morgan fingerprint density at radius 2 is 2.24 bits per heavy atom. The Morgan fingerprint density at radius 1 is 1.47 bits per heavy atom. The Kier molecular flexibility index (Phi) is 5.83. The molecule has 1 N–H and O–H groups in total. The largest absolute Gasteiger partial charge is 0.481 e. The van der Waals surface area contributed by atoms with Crippen LogP contribution in [0.25, 0.3) is 0 Å². The number of carboxylic acid groups (broad SMARTS) is 1. The zero-order chi connectivity index (χ0) is 12.7. The molecule has 0 aromatic rings. The predicted octanol–water partition coefficient (Wildman–Crippen LogP) is 1.54. The lowest BCUT2D eigenvalue weighted by Crippen LogP contribution is -2.46. The second-order valence-corrected chi connectivity index (χ2v) is 4.89. The highest BCUT2D eigenvalue weighted by atomic mass is 32.2. The average Bonchev–Trinajstić information content (AvgIpc) is 2.29. The number of carbonyl (C=O) groups excluding carboxylic acids is 1. The third kappa shape index (κ3) is 4.65. The second kappa shape index (κ2) is 7.17. The Balaban J connectivity index is 2.63. The maximum absolute atomic E-state index is 11.9. The number of carbonyl (C=O) groups is 2. The van der Waals surface area contributed by atoms with E-state index in [1.165, 1.54) is 6.08 Å². The van der Waals surface area contributed by atoms with Gasteiger partial charge in [-0.25, -0.2) is 0 Å². The highest BCUT2D eigenvalue weighted by Crippen LogP contribution is 2.19. The van der Waals surface area contributed by atoms with Crippen molar-refractivity contribution in [3.63, 3.8) is 0 Å². The summed E-state index contributed by atoms with van der Waals surface area (Å²) >= 11 is 1.70. The summed E-state index contributed by atoms with van der Waals surface area (Å²) in [5, 5.41) is 8.80. The monoisotopic (exact) mass is 255 g/mol. The molecular formula is C12H17NO3S. The van der Waals surface area contributed by atoms with E-state index in [0.29, 0.717) is 12.3 Å². The molecular weight excluding hydrogens is 238 g/mol. The van der Waals surface area contributed by atoms with Gasteiger partial charge in [-0.15, -0.1) is 0 Å². The summed E-state index contributed by atoms with van der Waals surface area (Å²) in [7, 11) is 0. The van der Waals surface area contributed by atoms with Crippen molar-refractivity contribution in [2.24, 2.45) is 0 Å². The SMILES string of the molecule is CC=CC=CC(=O)N1CCSCC1CC(=O)O. The fourth-order valence-corrected chi connectivity index (χ4v) is 2.72.